The number of aryl methyl sites for hydroxylation is 1. The Morgan fingerprint density at radius 3 is 2.24 bits per heavy atom. The smallest absolute Gasteiger partial charge is 0.243 e. The maximum absolute atomic E-state index is 12.7. The monoisotopic (exact) mass is 311 g/mol. The van der Waals surface area contributed by atoms with E-state index in [1.54, 1.807) is 16.4 Å². The van der Waals surface area contributed by atoms with Gasteiger partial charge in [-0.2, -0.15) is 4.31 Å². The van der Waals surface area contributed by atoms with Crippen LogP contribution in [0.2, 0.25) is 0 Å². The molecule has 2 rings (SSSR count). The minimum Gasteiger partial charge on any atom is -0.398 e. The summed E-state index contributed by atoms with van der Waals surface area (Å²) in [5, 5.41) is 0. The van der Waals surface area contributed by atoms with E-state index in [4.69, 9.17) is 5.73 Å². The Balaban J connectivity index is 2.24. The molecule has 5 nitrogen and oxygen atoms in total. The number of hydrogen-bond acceptors (Lipinski definition) is 4. The van der Waals surface area contributed by atoms with Crippen LogP contribution in [0.5, 0.6) is 0 Å². The largest absolute Gasteiger partial charge is 0.398 e. The lowest BCUT2D eigenvalue weighted by atomic mass is 10.1. The molecule has 21 heavy (non-hydrogen) atoms. The molecule has 0 unspecified atom stereocenters. The van der Waals surface area contributed by atoms with Crippen molar-refractivity contribution in [3.05, 3.63) is 23.3 Å². The topological polar surface area (TPSA) is 66.6 Å². The van der Waals surface area contributed by atoms with Crippen LogP contribution in [0.4, 0.5) is 5.69 Å². The van der Waals surface area contributed by atoms with Gasteiger partial charge in [-0.1, -0.05) is 0 Å². The molecule has 6 heteroatoms. The van der Waals surface area contributed by atoms with Crippen LogP contribution >= 0.6 is 0 Å². The van der Waals surface area contributed by atoms with E-state index >= 15 is 0 Å². The number of piperidine rings is 1. The van der Waals surface area contributed by atoms with Gasteiger partial charge in [-0.05, 0) is 64.0 Å². The first-order valence-electron chi connectivity index (χ1n) is 7.26. The van der Waals surface area contributed by atoms with Gasteiger partial charge < -0.3 is 10.6 Å². The van der Waals surface area contributed by atoms with Gasteiger partial charge in [0.2, 0.25) is 10.0 Å². The predicted octanol–water partition coefficient (Wildman–Crippen LogP) is 1.60. The average Bonchev–Trinajstić information content (AvgIpc) is 2.44. The lowest BCUT2D eigenvalue weighted by molar-refractivity contribution is 0.196. The average molecular weight is 311 g/mol. The first-order chi connectivity index (χ1) is 9.73. The molecule has 0 amide bonds. The van der Waals surface area contributed by atoms with Crippen LogP contribution in [-0.2, 0) is 10.0 Å². The fraction of sp³-hybridized carbons (Fsp3) is 0.600. The second kappa shape index (κ2) is 5.94. The number of rotatable bonds is 3. The minimum atomic E-state index is -3.44. The zero-order valence-corrected chi connectivity index (χ0v) is 14.1. The number of nitrogens with two attached hydrogens (primary N) is 1. The van der Waals surface area contributed by atoms with Crippen LogP contribution < -0.4 is 5.73 Å². The summed E-state index contributed by atoms with van der Waals surface area (Å²) < 4.78 is 27.1. The molecule has 1 saturated heterocycles. The van der Waals surface area contributed by atoms with Gasteiger partial charge in [-0.3, -0.25) is 0 Å². The summed E-state index contributed by atoms with van der Waals surface area (Å²) in [6.45, 7) is 4.93. The van der Waals surface area contributed by atoms with Gasteiger partial charge in [-0.25, -0.2) is 8.42 Å². The van der Waals surface area contributed by atoms with Crippen LogP contribution in [-0.4, -0.2) is 50.8 Å². The number of nitrogens with zero attached hydrogens (tertiary/aromatic N) is 2. The van der Waals surface area contributed by atoms with Crippen molar-refractivity contribution in [2.24, 2.45) is 0 Å². The second-order valence-electron chi connectivity index (χ2n) is 6.05. The van der Waals surface area contributed by atoms with E-state index in [1.165, 1.54) is 0 Å². The summed E-state index contributed by atoms with van der Waals surface area (Å²) in [5.74, 6) is 0. The SMILES string of the molecule is Cc1cc(S(=O)(=O)N2CCC(N(C)C)CC2)cc(N)c1C. The zero-order chi connectivity index (χ0) is 15.8. The van der Waals surface area contributed by atoms with E-state index in [1.807, 2.05) is 27.9 Å². The Morgan fingerprint density at radius 2 is 1.76 bits per heavy atom. The van der Waals surface area contributed by atoms with Crippen molar-refractivity contribution in [1.82, 2.24) is 9.21 Å². The van der Waals surface area contributed by atoms with Crippen molar-refractivity contribution in [3.63, 3.8) is 0 Å². The third kappa shape index (κ3) is 3.22. The lowest BCUT2D eigenvalue weighted by Gasteiger charge is -2.34. The molecular formula is C15H25N3O2S. The summed E-state index contributed by atoms with van der Waals surface area (Å²) >= 11 is 0. The van der Waals surface area contributed by atoms with Gasteiger partial charge in [-0.15, -0.1) is 0 Å². The third-order valence-electron chi connectivity index (χ3n) is 4.47. The first-order valence-corrected chi connectivity index (χ1v) is 8.71. The Kier molecular flexibility index (Phi) is 4.60. The number of anilines is 1. The van der Waals surface area contributed by atoms with Crippen molar-refractivity contribution < 1.29 is 8.42 Å². The van der Waals surface area contributed by atoms with Crippen molar-refractivity contribution in [3.8, 4) is 0 Å². The van der Waals surface area contributed by atoms with Crippen LogP contribution in [0.3, 0.4) is 0 Å². The molecule has 1 aromatic rings. The predicted molar refractivity (Wildman–Crippen MR) is 85.8 cm³/mol. The Bertz CT molecular complexity index is 595. The van der Waals surface area contributed by atoms with Crippen molar-refractivity contribution in [2.45, 2.75) is 37.6 Å². The van der Waals surface area contributed by atoms with Crippen LogP contribution in [0.25, 0.3) is 0 Å². The van der Waals surface area contributed by atoms with E-state index < -0.39 is 10.0 Å². The minimum absolute atomic E-state index is 0.311. The molecule has 0 saturated carbocycles. The molecule has 2 N–H and O–H groups in total. The molecule has 1 aliphatic rings. The molecule has 1 aliphatic heterocycles. The Morgan fingerprint density at radius 1 is 1.19 bits per heavy atom. The van der Waals surface area contributed by atoms with Gasteiger partial charge in [0.05, 0.1) is 4.90 Å². The van der Waals surface area contributed by atoms with Gasteiger partial charge in [0, 0.05) is 24.8 Å². The molecule has 118 valence electrons. The van der Waals surface area contributed by atoms with Crippen molar-refractivity contribution >= 4 is 15.7 Å². The maximum Gasteiger partial charge on any atom is 0.243 e. The van der Waals surface area contributed by atoms with E-state index in [2.05, 4.69) is 4.90 Å². The summed E-state index contributed by atoms with van der Waals surface area (Å²) in [5.41, 5.74) is 8.32. The molecule has 0 aliphatic carbocycles. The van der Waals surface area contributed by atoms with E-state index in [-0.39, 0.29) is 0 Å². The van der Waals surface area contributed by atoms with Crippen molar-refractivity contribution in [2.75, 3.05) is 32.9 Å². The number of benzene rings is 1. The molecule has 0 spiro atoms. The highest BCUT2D eigenvalue weighted by Crippen LogP contribution is 2.26. The second-order valence-corrected chi connectivity index (χ2v) is 7.99. The summed E-state index contributed by atoms with van der Waals surface area (Å²) in [6.07, 6.45) is 1.74. The summed E-state index contributed by atoms with van der Waals surface area (Å²) in [7, 11) is 0.643. The number of hydrogen-bond donors (Lipinski definition) is 1. The molecule has 1 heterocycles. The normalized spacial score (nSPS) is 18.3. The highest BCUT2D eigenvalue weighted by Gasteiger charge is 2.30. The highest BCUT2D eigenvalue weighted by molar-refractivity contribution is 7.89. The fourth-order valence-electron chi connectivity index (χ4n) is 2.75. The van der Waals surface area contributed by atoms with Gasteiger partial charge in [0.15, 0.2) is 0 Å². The third-order valence-corrected chi connectivity index (χ3v) is 6.35. The highest BCUT2D eigenvalue weighted by atomic mass is 32.2. The van der Waals surface area contributed by atoms with Crippen LogP contribution in [0.1, 0.15) is 24.0 Å². The van der Waals surface area contributed by atoms with E-state index in [0.717, 1.165) is 24.0 Å². The molecule has 0 atom stereocenters. The standard InChI is InChI=1S/C15H25N3O2S/c1-11-9-14(10-15(16)12(11)2)21(19,20)18-7-5-13(6-8-18)17(3)4/h9-10,13H,5-8,16H2,1-4H3. The number of nitrogen functional groups attached to an aromatic ring is 1. The van der Waals surface area contributed by atoms with Gasteiger partial charge in [0.25, 0.3) is 0 Å². The molecule has 0 bridgehead atoms. The Labute approximate surface area is 127 Å². The van der Waals surface area contributed by atoms with Crippen LogP contribution in [0, 0.1) is 13.8 Å². The first kappa shape index (κ1) is 16.3. The fourth-order valence-corrected chi connectivity index (χ4v) is 4.34. The quantitative estimate of drug-likeness (QED) is 0.861. The van der Waals surface area contributed by atoms with Gasteiger partial charge in [0.1, 0.15) is 0 Å². The lowest BCUT2D eigenvalue weighted by Crippen LogP contribution is -2.44. The number of sulfonamides is 1. The van der Waals surface area contributed by atoms with E-state index in [0.29, 0.717) is 29.7 Å². The molecule has 0 aromatic heterocycles. The van der Waals surface area contributed by atoms with Gasteiger partial charge >= 0.3 is 0 Å². The molecule has 0 radical (unpaired) electrons. The Hall–Kier alpha value is -1.11. The summed E-state index contributed by atoms with van der Waals surface area (Å²) in [6, 6.07) is 3.76. The maximum atomic E-state index is 12.7. The van der Waals surface area contributed by atoms with Crippen molar-refractivity contribution in [1.29, 1.82) is 0 Å². The van der Waals surface area contributed by atoms with E-state index in [9.17, 15) is 8.42 Å². The van der Waals surface area contributed by atoms with Crippen LogP contribution in [0.15, 0.2) is 17.0 Å². The molecule has 1 aromatic carbocycles. The molecule has 1 fully saturated rings. The zero-order valence-electron chi connectivity index (χ0n) is 13.3. The molecular weight excluding hydrogens is 286 g/mol. The summed E-state index contributed by atoms with van der Waals surface area (Å²) in [4.78, 5) is 2.48.